The van der Waals surface area contributed by atoms with Crippen molar-refractivity contribution in [1.29, 1.82) is 0 Å². The van der Waals surface area contributed by atoms with Gasteiger partial charge in [0, 0.05) is 6.42 Å². The molecule has 0 unspecified atom stereocenters. The molecular weight excluding hydrogens is 352 g/mol. The Morgan fingerprint density at radius 2 is 1.62 bits per heavy atom. The summed E-state index contributed by atoms with van der Waals surface area (Å²) in [5.41, 5.74) is 9.59. The van der Waals surface area contributed by atoms with Crippen molar-refractivity contribution in [2.75, 3.05) is 5.43 Å². The zero-order valence-electron chi connectivity index (χ0n) is 17.4. The second-order valence-electron chi connectivity index (χ2n) is 8.65. The van der Waals surface area contributed by atoms with E-state index in [1.54, 1.807) is 0 Å². The number of nitrogens with one attached hydrogen (secondary N) is 1. The smallest absolute Gasteiger partial charge is 0.0720 e. The first-order chi connectivity index (χ1) is 14.0. The van der Waals surface area contributed by atoms with Crippen LogP contribution in [-0.2, 0) is 0 Å². The molecule has 0 aliphatic heterocycles. The molecule has 0 aromatic heterocycles. The van der Waals surface area contributed by atoms with Crippen LogP contribution in [-0.4, -0.2) is 5.71 Å². The van der Waals surface area contributed by atoms with E-state index in [4.69, 9.17) is 5.10 Å². The molecule has 0 amide bonds. The topological polar surface area (TPSA) is 24.4 Å². The Bertz CT molecular complexity index is 1100. The fourth-order valence-corrected chi connectivity index (χ4v) is 3.92. The third-order valence-corrected chi connectivity index (χ3v) is 5.39. The monoisotopic (exact) mass is 380 g/mol. The zero-order chi connectivity index (χ0) is 20.3. The van der Waals surface area contributed by atoms with Crippen LogP contribution in [0.5, 0.6) is 0 Å². The number of fused-ring (bicyclic) bond motifs is 1. The second-order valence-corrected chi connectivity index (χ2v) is 8.65. The summed E-state index contributed by atoms with van der Waals surface area (Å²) in [6.07, 6.45) is 6.42. The second kappa shape index (κ2) is 8.08. The third-order valence-electron chi connectivity index (χ3n) is 5.39. The van der Waals surface area contributed by atoms with Crippen LogP contribution in [0.1, 0.15) is 39.2 Å². The first kappa shape index (κ1) is 19.2. The van der Waals surface area contributed by atoms with E-state index in [2.05, 4.69) is 111 Å². The molecular formula is C27H28N2. The number of hydrazone groups is 1. The molecule has 3 aromatic carbocycles. The van der Waals surface area contributed by atoms with Gasteiger partial charge in [0.1, 0.15) is 0 Å². The summed E-state index contributed by atoms with van der Waals surface area (Å²) in [7, 11) is 0. The molecule has 0 atom stereocenters. The van der Waals surface area contributed by atoms with E-state index in [0.717, 1.165) is 29.8 Å². The van der Waals surface area contributed by atoms with E-state index in [-0.39, 0.29) is 5.41 Å². The van der Waals surface area contributed by atoms with Crippen LogP contribution in [0.25, 0.3) is 10.8 Å². The highest BCUT2D eigenvalue weighted by Crippen LogP contribution is 2.36. The van der Waals surface area contributed by atoms with Crippen molar-refractivity contribution in [3.8, 4) is 0 Å². The molecule has 0 heterocycles. The van der Waals surface area contributed by atoms with Crippen molar-refractivity contribution >= 4 is 22.2 Å². The first-order valence-electron chi connectivity index (χ1n) is 10.3. The predicted octanol–water partition coefficient (Wildman–Crippen LogP) is 7.35. The van der Waals surface area contributed by atoms with Crippen molar-refractivity contribution in [3.63, 3.8) is 0 Å². The zero-order valence-corrected chi connectivity index (χ0v) is 17.4. The summed E-state index contributed by atoms with van der Waals surface area (Å²) in [4.78, 5) is 0. The van der Waals surface area contributed by atoms with E-state index < -0.39 is 0 Å². The summed E-state index contributed by atoms with van der Waals surface area (Å²) >= 11 is 0. The molecule has 0 saturated carbocycles. The summed E-state index contributed by atoms with van der Waals surface area (Å²) < 4.78 is 0. The highest BCUT2D eigenvalue weighted by molar-refractivity contribution is 6.02. The Hall–Kier alpha value is -3.13. The number of rotatable bonds is 5. The van der Waals surface area contributed by atoms with E-state index in [9.17, 15) is 0 Å². The minimum atomic E-state index is 0.149. The molecule has 2 heteroatoms. The van der Waals surface area contributed by atoms with Crippen LogP contribution < -0.4 is 5.43 Å². The highest BCUT2D eigenvalue weighted by Gasteiger charge is 2.22. The van der Waals surface area contributed by atoms with Crippen molar-refractivity contribution < 1.29 is 0 Å². The highest BCUT2D eigenvalue weighted by atomic mass is 15.3. The maximum atomic E-state index is 4.86. The average Bonchev–Trinajstić information content (AvgIpc) is 3.20. The Morgan fingerprint density at radius 3 is 2.38 bits per heavy atom. The molecule has 4 rings (SSSR count). The lowest BCUT2D eigenvalue weighted by Crippen LogP contribution is -2.12. The molecule has 1 aliphatic rings. The maximum absolute atomic E-state index is 4.86. The van der Waals surface area contributed by atoms with Gasteiger partial charge in [-0.3, -0.25) is 5.43 Å². The van der Waals surface area contributed by atoms with E-state index in [1.165, 1.54) is 21.9 Å². The Labute approximate surface area is 173 Å². The lowest BCUT2D eigenvalue weighted by Gasteiger charge is -2.22. The fraction of sp³-hybridized carbons (Fsp3) is 0.222. The predicted molar refractivity (Wildman–Crippen MR) is 125 cm³/mol. The first-order valence-corrected chi connectivity index (χ1v) is 10.3. The van der Waals surface area contributed by atoms with Crippen LogP contribution in [0.3, 0.4) is 0 Å². The molecule has 146 valence electrons. The van der Waals surface area contributed by atoms with Gasteiger partial charge in [0.2, 0.25) is 0 Å². The van der Waals surface area contributed by atoms with Crippen molar-refractivity contribution in [1.82, 2.24) is 0 Å². The van der Waals surface area contributed by atoms with Gasteiger partial charge in [-0.25, -0.2) is 0 Å². The van der Waals surface area contributed by atoms with Gasteiger partial charge in [-0.2, -0.15) is 5.10 Å². The van der Waals surface area contributed by atoms with Gasteiger partial charge in [0.15, 0.2) is 0 Å². The number of hydrogen-bond acceptors (Lipinski definition) is 2. The minimum Gasteiger partial charge on any atom is -0.278 e. The Balaban J connectivity index is 1.65. The Kier molecular flexibility index (Phi) is 5.35. The van der Waals surface area contributed by atoms with Gasteiger partial charge in [0.25, 0.3) is 0 Å². The normalized spacial score (nSPS) is 14.7. The van der Waals surface area contributed by atoms with Crippen LogP contribution in [0.4, 0.5) is 5.69 Å². The van der Waals surface area contributed by atoms with Gasteiger partial charge >= 0.3 is 0 Å². The number of hydrogen-bond donors (Lipinski definition) is 1. The van der Waals surface area contributed by atoms with E-state index in [0.29, 0.717) is 0 Å². The molecule has 0 saturated heterocycles. The van der Waals surface area contributed by atoms with Gasteiger partial charge in [0.05, 0.1) is 11.4 Å². The number of anilines is 1. The summed E-state index contributed by atoms with van der Waals surface area (Å²) in [6.45, 7) is 6.85. The minimum absolute atomic E-state index is 0.149. The maximum Gasteiger partial charge on any atom is 0.0720 e. The molecule has 0 fully saturated rings. The van der Waals surface area contributed by atoms with Gasteiger partial charge in [-0.15, -0.1) is 0 Å². The van der Waals surface area contributed by atoms with Crippen molar-refractivity contribution in [2.24, 2.45) is 10.5 Å². The largest absolute Gasteiger partial charge is 0.278 e. The third kappa shape index (κ3) is 4.48. The summed E-state index contributed by atoms with van der Waals surface area (Å²) in [5.74, 6) is 0. The van der Waals surface area contributed by atoms with E-state index in [1.807, 2.05) is 0 Å². The van der Waals surface area contributed by atoms with E-state index >= 15 is 0 Å². The van der Waals surface area contributed by atoms with Crippen LogP contribution in [0.15, 0.2) is 101 Å². The van der Waals surface area contributed by atoms with Crippen LogP contribution in [0.2, 0.25) is 0 Å². The molecule has 0 bridgehead atoms. The number of benzene rings is 3. The van der Waals surface area contributed by atoms with Crippen LogP contribution >= 0.6 is 0 Å². The molecule has 0 spiro atoms. The average molecular weight is 381 g/mol. The quantitative estimate of drug-likeness (QED) is 0.363. The molecule has 29 heavy (non-hydrogen) atoms. The molecule has 2 nitrogen and oxygen atoms in total. The van der Waals surface area contributed by atoms with Crippen molar-refractivity contribution in [3.05, 3.63) is 102 Å². The number of nitrogens with zero attached hydrogens (tertiary/aromatic N) is 1. The number of allylic oxidation sites excluding steroid dienone is 4. The Morgan fingerprint density at radius 1 is 0.897 bits per heavy atom. The van der Waals surface area contributed by atoms with Gasteiger partial charge < -0.3 is 0 Å². The molecule has 0 radical (unpaired) electrons. The molecule has 1 N–H and O–H groups in total. The lowest BCUT2D eigenvalue weighted by atomic mass is 9.83. The van der Waals surface area contributed by atoms with Crippen molar-refractivity contribution in [2.45, 2.75) is 33.6 Å². The summed E-state index contributed by atoms with van der Waals surface area (Å²) in [5, 5.41) is 7.31. The molecule has 3 aromatic rings. The summed E-state index contributed by atoms with van der Waals surface area (Å²) in [6, 6.07) is 25.3. The standard InChI is InChI=1S/C27H28N2/c1-27(2,3)25-15-9-14-23(25)19-26(21-11-5-4-6-12-21)29-28-24-17-16-20-10-7-8-13-22(20)18-24/h4-13,15-18,28H,14,19H2,1-3H3. The van der Waals surface area contributed by atoms with Gasteiger partial charge in [-0.1, -0.05) is 99.2 Å². The molecule has 1 aliphatic carbocycles. The van der Waals surface area contributed by atoms with Crippen LogP contribution in [0, 0.1) is 5.41 Å². The van der Waals surface area contributed by atoms with Gasteiger partial charge in [-0.05, 0) is 45.9 Å². The lowest BCUT2D eigenvalue weighted by molar-refractivity contribution is 0.513. The SMILES string of the molecule is CC(C)(C)C1=C(CC(=NNc2ccc3ccccc3c2)c2ccccc2)CC=C1. The fourth-order valence-electron chi connectivity index (χ4n) is 3.92.